The third kappa shape index (κ3) is 4.35. The van der Waals surface area contributed by atoms with Gasteiger partial charge >= 0.3 is 0 Å². The van der Waals surface area contributed by atoms with E-state index in [0.29, 0.717) is 19.2 Å². The van der Waals surface area contributed by atoms with Gasteiger partial charge in [-0.3, -0.25) is 4.99 Å². The van der Waals surface area contributed by atoms with E-state index in [9.17, 15) is 8.78 Å². The highest BCUT2D eigenvalue weighted by Crippen LogP contribution is 1.99. The maximum absolute atomic E-state index is 11.6. The second kappa shape index (κ2) is 5.41. The molecule has 0 aliphatic rings. The van der Waals surface area contributed by atoms with E-state index in [1.807, 2.05) is 30.3 Å². The van der Waals surface area contributed by atoms with Gasteiger partial charge in [0.1, 0.15) is 0 Å². The first kappa shape index (κ1) is 9.84. The van der Waals surface area contributed by atoms with E-state index >= 15 is 0 Å². The molecule has 1 rings (SSSR count). The Morgan fingerprint density at radius 2 is 1.92 bits per heavy atom. The van der Waals surface area contributed by atoms with E-state index < -0.39 is 6.43 Å². The second-order valence-electron chi connectivity index (χ2n) is 2.63. The van der Waals surface area contributed by atoms with Gasteiger partial charge in [-0.1, -0.05) is 30.3 Å². The van der Waals surface area contributed by atoms with Gasteiger partial charge in [-0.05, 0) is 12.0 Å². The summed E-state index contributed by atoms with van der Waals surface area (Å²) in [6.45, 7) is 0.425. The number of aliphatic imine (C=N–C) groups is 1. The minimum atomic E-state index is -2.43. The zero-order valence-corrected chi connectivity index (χ0v) is 7.16. The predicted octanol–water partition coefficient (Wildman–Crippen LogP) is 2.57. The molecular formula is C10H11F2N. The Hall–Kier alpha value is -1.25. The lowest BCUT2D eigenvalue weighted by Gasteiger charge is -1.96. The van der Waals surface area contributed by atoms with Crippen LogP contribution >= 0.6 is 0 Å². The van der Waals surface area contributed by atoms with E-state index in [1.54, 1.807) is 0 Å². The number of halogens is 2. The fourth-order valence-electron chi connectivity index (χ4n) is 0.993. The molecule has 0 saturated heterocycles. The Balaban J connectivity index is 2.28. The van der Waals surface area contributed by atoms with Crippen molar-refractivity contribution in [2.75, 3.05) is 6.54 Å². The fourth-order valence-corrected chi connectivity index (χ4v) is 0.993. The van der Waals surface area contributed by atoms with Crippen LogP contribution in [0.4, 0.5) is 8.78 Å². The summed E-state index contributed by atoms with van der Waals surface area (Å²) >= 11 is 0. The van der Waals surface area contributed by atoms with Crippen molar-refractivity contribution in [2.24, 2.45) is 4.99 Å². The molecule has 0 fully saturated rings. The molecule has 0 saturated carbocycles. The molecule has 0 aliphatic heterocycles. The summed E-state index contributed by atoms with van der Waals surface area (Å²) in [6.07, 6.45) is -1.04. The monoisotopic (exact) mass is 183 g/mol. The molecule has 0 aromatic heterocycles. The molecule has 70 valence electrons. The summed E-state index contributed by atoms with van der Waals surface area (Å²) in [5, 5.41) is 0. The minimum Gasteiger partial charge on any atom is -0.291 e. The number of nitrogens with zero attached hydrogens (tertiary/aromatic N) is 1. The zero-order valence-electron chi connectivity index (χ0n) is 7.16. The van der Waals surface area contributed by atoms with Crippen molar-refractivity contribution in [3.05, 3.63) is 35.9 Å². The minimum absolute atomic E-state index is 0.425. The van der Waals surface area contributed by atoms with Gasteiger partial charge in [0.2, 0.25) is 0 Å². The highest BCUT2D eigenvalue weighted by molar-refractivity contribution is 5.60. The van der Waals surface area contributed by atoms with Crippen molar-refractivity contribution in [1.29, 1.82) is 0 Å². The van der Waals surface area contributed by atoms with Crippen LogP contribution in [0.5, 0.6) is 0 Å². The highest BCUT2D eigenvalue weighted by atomic mass is 19.3. The predicted molar refractivity (Wildman–Crippen MR) is 49.5 cm³/mol. The molecule has 0 spiro atoms. The number of hydrogen-bond donors (Lipinski definition) is 0. The van der Waals surface area contributed by atoms with Crippen LogP contribution in [0, 0.1) is 0 Å². The fraction of sp³-hybridized carbons (Fsp3) is 0.300. The maximum Gasteiger partial charge on any atom is 0.273 e. The van der Waals surface area contributed by atoms with Crippen LogP contribution in [0.1, 0.15) is 5.56 Å². The van der Waals surface area contributed by atoms with Crippen LogP contribution in [0.25, 0.3) is 0 Å². The first-order chi connectivity index (χ1) is 6.29. The summed E-state index contributed by atoms with van der Waals surface area (Å²) in [6, 6.07) is 9.68. The largest absolute Gasteiger partial charge is 0.291 e. The second-order valence-corrected chi connectivity index (χ2v) is 2.63. The average Bonchev–Trinajstić information content (AvgIpc) is 2.14. The van der Waals surface area contributed by atoms with Gasteiger partial charge in [0, 0.05) is 6.54 Å². The van der Waals surface area contributed by atoms with Gasteiger partial charge in [0.15, 0.2) is 0 Å². The van der Waals surface area contributed by atoms with Crippen LogP contribution in [0.15, 0.2) is 35.3 Å². The molecule has 0 atom stereocenters. The van der Waals surface area contributed by atoms with Gasteiger partial charge < -0.3 is 0 Å². The molecule has 1 nitrogen and oxygen atoms in total. The zero-order chi connectivity index (χ0) is 9.52. The maximum atomic E-state index is 11.6. The van der Waals surface area contributed by atoms with E-state index in [1.165, 1.54) is 0 Å². The molecule has 0 radical (unpaired) electrons. The van der Waals surface area contributed by atoms with Crippen LogP contribution in [0.2, 0.25) is 0 Å². The van der Waals surface area contributed by atoms with E-state index in [-0.39, 0.29) is 0 Å². The summed E-state index contributed by atoms with van der Waals surface area (Å²) < 4.78 is 23.2. The first-order valence-electron chi connectivity index (χ1n) is 4.11. The molecule has 1 aromatic carbocycles. The van der Waals surface area contributed by atoms with Crippen molar-refractivity contribution in [3.8, 4) is 0 Å². The lowest BCUT2D eigenvalue weighted by Crippen LogP contribution is -1.94. The number of alkyl halides is 2. The normalized spacial score (nSPS) is 11.3. The Morgan fingerprint density at radius 1 is 1.23 bits per heavy atom. The molecule has 0 unspecified atom stereocenters. The lowest BCUT2D eigenvalue weighted by molar-refractivity contribution is 0.231. The number of benzene rings is 1. The summed E-state index contributed by atoms with van der Waals surface area (Å²) in [7, 11) is 0. The number of hydrogen-bond acceptors (Lipinski definition) is 1. The van der Waals surface area contributed by atoms with Crippen molar-refractivity contribution in [1.82, 2.24) is 0 Å². The molecule has 0 aliphatic carbocycles. The van der Waals surface area contributed by atoms with Crippen LogP contribution in [-0.2, 0) is 6.42 Å². The number of rotatable bonds is 4. The molecule has 3 heteroatoms. The average molecular weight is 183 g/mol. The molecule has 0 bridgehead atoms. The Bertz CT molecular complexity index is 257. The SMILES string of the molecule is FC(F)C=NCCc1ccccc1. The van der Waals surface area contributed by atoms with E-state index in [0.717, 1.165) is 5.56 Å². The summed E-state index contributed by atoms with van der Waals surface area (Å²) in [5.41, 5.74) is 1.12. The quantitative estimate of drug-likeness (QED) is 0.636. The molecule has 0 amide bonds. The molecule has 1 aromatic rings. The van der Waals surface area contributed by atoms with E-state index in [2.05, 4.69) is 4.99 Å². The standard InChI is InChI=1S/C10H11F2N/c11-10(12)8-13-7-6-9-4-2-1-3-5-9/h1-5,8,10H,6-7H2. The van der Waals surface area contributed by atoms with Gasteiger partial charge in [0.25, 0.3) is 6.43 Å². The van der Waals surface area contributed by atoms with Crippen molar-refractivity contribution in [2.45, 2.75) is 12.8 Å². The van der Waals surface area contributed by atoms with Crippen molar-refractivity contribution in [3.63, 3.8) is 0 Å². The van der Waals surface area contributed by atoms with Crippen molar-refractivity contribution < 1.29 is 8.78 Å². The Morgan fingerprint density at radius 3 is 2.54 bits per heavy atom. The van der Waals surface area contributed by atoms with Gasteiger partial charge in [0.05, 0.1) is 6.21 Å². The molecule has 0 heterocycles. The third-order valence-electron chi connectivity index (χ3n) is 1.59. The van der Waals surface area contributed by atoms with Gasteiger partial charge in [-0.25, -0.2) is 8.78 Å². The third-order valence-corrected chi connectivity index (χ3v) is 1.59. The van der Waals surface area contributed by atoms with Crippen LogP contribution in [-0.4, -0.2) is 19.2 Å². The molecule has 13 heavy (non-hydrogen) atoms. The summed E-state index contributed by atoms with van der Waals surface area (Å²) in [5.74, 6) is 0. The highest BCUT2D eigenvalue weighted by Gasteiger charge is 1.93. The first-order valence-corrected chi connectivity index (χ1v) is 4.11. The Labute approximate surface area is 76.1 Å². The van der Waals surface area contributed by atoms with Crippen LogP contribution in [0.3, 0.4) is 0 Å². The lowest BCUT2D eigenvalue weighted by atomic mass is 10.2. The van der Waals surface area contributed by atoms with Crippen LogP contribution < -0.4 is 0 Å². The molecule has 0 N–H and O–H groups in total. The smallest absolute Gasteiger partial charge is 0.273 e. The summed E-state index contributed by atoms with van der Waals surface area (Å²) in [4.78, 5) is 3.59. The topological polar surface area (TPSA) is 12.4 Å². The van der Waals surface area contributed by atoms with Gasteiger partial charge in [-0.15, -0.1) is 0 Å². The van der Waals surface area contributed by atoms with E-state index in [4.69, 9.17) is 0 Å². The Kier molecular flexibility index (Phi) is 4.09. The van der Waals surface area contributed by atoms with Crippen molar-refractivity contribution >= 4 is 6.21 Å². The van der Waals surface area contributed by atoms with Gasteiger partial charge in [-0.2, -0.15) is 0 Å². The molecular weight excluding hydrogens is 172 g/mol.